The first-order valence-electron chi connectivity index (χ1n) is 11.1. The normalized spacial score (nSPS) is 24.1. The molecule has 6 nitrogen and oxygen atoms in total. The Bertz CT molecular complexity index is 796. The Morgan fingerprint density at radius 1 is 1.10 bits per heavy atom. The standard InChI is InChI=1S/C24H33N3O3/c1-25-22(28)24(13-16-26(17-14-24)18-20-6-4-3-5-7-20)27(23(25)29)15-12-19-8-10-21(30-2)11-9-19/h3-4,8-11,20H,5-7,12-18H2,1-2H3. The van der Waals surface area contributed by atoms with Gasteiger partial charge < -0.3 is 14.5 Å². The summed E-state index contributed by atoms with van der Waals surface area (Å²) >= 11 is 0. The van der Waals surface area contributed by atoms with E-state index in [1.807, 2.05) is 29.2 Å². The third kappa shape index (κ3) is 3.97. The van der Waals surface area contributed by atoms with Crippen molar-refractivity contribution in [1.82, 2.24) is 14.7 Å². The number of amides is 3. The molecule has 1 aromatic rings. The minimum atomic E-state index is -0.665. The number of imide groups is 1. The second-order valence-corrected chi connectivity index (χ2v) is 8.88. The van der Waals surface area contributed by atoms with Gasteiger partial charge in [0.1, 0.15) is 11.3 Å². The summed E-state index contributed by atoms with van der Waals surface area (Å²) in [5, 5.41) is 0. The molecule has 0 saturated carbocycles. The third-order valence-corrected chi connectivity index (χ3v) is 7.10. The fourth-order valence-corrected chi connectivity index (χ4v) is 5.20. The second kappa shape index (κ2) is 8.80. The van der Waals surface area contributed by atoms with Crippen LogP contribution in [0.4, 0.5) is 4.79 Å². The monoisotopic (exact) mass is 411 g/mol. The quantitative estimate of drug-likeness (QED) is 0.532. The van der Waals surface area contributed by atoms with Gasteiger partial charge in [-0.1, -0.05) is 24.3 Å². The number of methoxy groups -OCH3 is 1. The molecule has 1 aliphatic carbocycles. The van der Waals surface area contributed by atoms with Crippen molar-refractivity contribution < 1.29 is 14.3 Å². The molecule has 30 heavy (non-hydrogen) atoms. The van der Waals surface area contributed by atoms with E-state index in [1.165, 1.54) is 17.7 Å². The number of piperidine rings is 1. The molecular weight excluding hydrogens is 378 g/mol. The average molecular weight is 412 g/mol. The molecule has 1 unspecified atom stereocenters. The summed E-state index contributed by atoms with van der Waals surface area (Å²) in [5.41, 5.74) is 0.477. The van der Waals surface area contributed by atoms with Gasteiger partial charge in [0.15, 0.2) is 0 Å². The lowest BCUT2D eigenvalue weighted by atomic mass is 9.84. The number of benzene rings is 1. The lowest BCUT2D eigenvalue weighted by Crippen LogP contribution is -2.57. The van der Waals surface area contributed by atoms with Gasteiger partial charge in [0.05, 0.1) is 7.11 Å². The van der Waals surface area contributed by atoms with Crippen molar-refractivity contribution in [3.05, 3.63) is 42.0 Å². The molecule has 0 radical (unpaired) electrons. The molecule has 0 bridgehead atoms. The summed E-state index contributed by atoms with van der Waals surface area (Å²) in [5.74, 6) is 1.52. The van der Waals surface area contributed by atoms with E-state index in [1.54, 1.807) is 14.2 Å². The van der Waals surface area contributed by atoms with Crippen LogP contribution in [0.15, 0.2) is 36.4 Å². The topological polar surface area (TPSA) is 53.1 Å². The second-order valence-electron chi connectivity index (χ2n) is 8.88. The molecule has 1 spiro atoms. The molecular formula is C24H33N3O3. The number of nitrogens with zero attached hydrogens (tertiary/aromatic N) is 3. The highest BCUT2D eigenvalue weighted by molar-refractivity contribution is 6.06. The number of likely N-dealkylation sites (tertiary alicyclic amines) is 1. The molecule has 3 aliphatic rings. The van der Waals surface area contributed by atoms with E-state index in [0.29, 0.717) is 6.54 Å². The van der Waals surface area contributed by atoms with Crippen LogP contribution in [0, 0.1) is 5.92 Å². The SMILES string of the molecule is COc1ccc(CCN2C(=O)N(C)C(=O)C23CCN(CC2CC=CCC2)CC3)cc1. The predicted octanol–water partition coefficient (Wildman–Crippen LogP) is 3.32. The molecule has 6 heteroatoms. The van der Waals surface area contributed by atoms with Gasteiger partial charge in [-0.05, 0) is 62.1 Å². The maximum Gasteiger partial charge on any atom is 0.327 e. The molecule has 2 heterocycles. The molecule has 2 fully saturated rings. The van der Waals surface area contributed by atoms with Gasteiger partial charge in [0.2, 0.25) is 0 Å². The number of allylic oxidation sites excluding steroid dienone is 2. The van der Waals surface area contributed by atoms with Crippen molar-refractivity contribution in [3.8, 4) is 5.75 Å². The summed E-state index contributed by atoms with van der Waals surface area (Å²) in [6, 6.07) is 7.78. The molecule has 2 aliphatic heterocycles. The van der Waals surface area contributed by atoms with E-state index in [4.69, 9.17) is 4.74 Å². The number of carbonyl (C=O) groups excluding carboxylic acids is 2. The lowest BCUT2D eigenvalue weighted by Gasteiger charge is -2.43. The van der Waals surface area contributed by atoms with E-state index in [2.05, 4.69) is 17.1 Å². The molecule has 1 aromatic carbocycles. The highest BCUT2D eigenvalue weighted by Crippen LogP contribution is 2.37. The van der Waals surface area contributed by atoms with Crippen LogP contribution in [0.2, 0.25) is 0 Å². The van der Waals surface area contributed by atoms with Crippen molar-refractivity contribution in [2.24, 2.45) is 5.92 Å². The Balaban J connectivity index is 1.41. The molecule has 4 rings (SSSR count). The van der Waals surface area contributed by atoms with Crippen LogP contribution in [0.3, 0.4) is 0 Å². The van der Waals surface area contributed by atoms with Crippen molar-refractivity contribution in [2.45, 2.75) is 44.1 Å². The minimum Gasteiger partial charge on any atom is -0.497 e. The van der Waals surface area contributed by atoms with E-state index in [9.17, 15) is 9.59 Å². The summed E-state index contributed by atoms with van der Waals surface area (Å²) in [7, 11) is 3.28. The van der Waals surface area contributed by atoms with Crippen molar-refractivity contribution in [3.63, 3.8) is 0 Å². The first-order chi connectivity index (χ1) is 14.5. The summed E-state index contributed by atoms with van der Waals surface area (Å²) in [6.07, 6.45) is 10.4. The van der Waals surface area contributed by atoms with E-state index >= 15 is 0 Å². The van der Waals surface area contributed by atoms with Crippen LogP contribution in [0.25, 0.3) is 0 Å². The van der Waals surface area contributed by atoms with E-state index < -0.39 is 5.54 Å². The average Bonchev–Trinajstić information content (AvgIpc) is 2.96. The number of urea groups is 1. The Morgan fingerprint density at radius 3 is 2.47 bits per heavy atom. The zero-order valence-corrected chi connectivity index (χ0v) is 18.2. The highest BCUT2D eigenvalue weighted by Gasteiger charge is 2.56. The Labute approximate surface area is 179 Å². The maximum atomic E-state index is 13.1. The fraction of sp³-hybridized carbons (Fsp3) is 0.583. The number of likely N-dealkylation sites (N-methyl/N-ethyl adjacent to an activating group) is 1. The van der Waals surface area contributed by atoms with E-state index in [0.717, 1.165) is 62.5 Å². The summed E-state index contributed by atoms with van der Waals surface area (Å²) in [4.78, 5) is 31.7. The van der Waals surface area contributed by atoms with E-state index in [-0.39, 0.29) is 11.9 Å². The van der Waals surface area contributed by atoms with Gasteiger partial charge in [-0.2, -0.15) is 0 Å². The first kappa shape index (κ1) is 20.9. The zero-order valence-electron chi connectivity index (χ0n) is 18.2. The number of hydrogen-bond acceptors (Lipinski definition) is 4. The van der Waals surface area contributed by atoms with Crippen molar-refractivity contribution in [2.75, 3.05) is 40.3 Å². The van der Waals surface area contributed by atoms with Crippen LogP contribution < -0.4 is 4.74 Å². The van der Waals surface area contributed by atoms with Crippen LogP contribution in [0.5, 0.6) is 5.75 Å². The van der Waals surface area contributed by atoms with Gasteiger partial charge in [0, 0.05) is 33.2 Å². The molecule has 162 valence electrons. The van der Waals surface area contributed by atoms with Gasteiger partial charge in [0.25, 0.3) is 5.91 Å². The van der Waals surface area contributed by atoms with Crippen LogP contribution in [-0.4, -0.2) is 72.5 Å². The molecule has 0 N–H and O–H groups in total. The van der Waals surface area contributed by atoms with Gasteiger partial charge in [-0.25, -0.2) is 4.79 Å². The van der Waals surface area contributed by atoms with Crippen molar-refractivity contribution >= 4 is 11.9 Å². The number of ether oxygens (including phenoxy) is 1. The van der Waals surface area contributed by atoms with Gasteiger partial charge >= 0.3 is 6.03 Å². The maximum absolute atomic E-state index is 13.1. The number of rotatable bonds is 6. The first-order valence-corrected chi connectivity index (χ1v) is 11.1. The molecule has 3 amide bonds. The zero-order chi connectivity index (χ0) is 21.1. The highest BCUT2D eigenvalue weighted by atomic mass is 16.5. The lowest BCUT2D eigenvalue weighted by molar-refractivity contribution is -0.134. The van der Waals surface area contributed by atoms with Crippen LogP contribution in [-0.2, 0) is 11.2 Å². The minimum absolute atomic E-state index is 0.0255. The van der Waals surface area contributed by atoms with Crippen LogP contribution in [0.1, 0.15) is 37.7 Å². The number of hydrogen-bond donors (Lipinski definition) is 0. The van der Waals surface area contributed by atoms with Crippen molar-refractivity contribution in [1.29, 1.82) is 0 Å². The smallest absolute Gasteiger partial charge is 0.327 e. The predicted molar refractivity (Wildman–Crippen MR) is 116 cm³/mol. The summed E-state index contributed by atoms with van der Waals surface area (Å²) in [6.45, 7) is 3.43. The largest absolute Gasteiger partial charge is 0.497 e. The molecule has 0 aromatic heterocycles. The Hall–Kier alpha value is -2.34. The third-order valence-electron chi connectivity index (χ3n) is 7.10. The summed E-state index contributed by atoms with van der Waals surface area (Å²) < 4.78 is 5.22. The fourth-order valence-electron chi connectivity index (χ4n) is 5.20. The number of carbonyl (C=O) groups is 2. The Kier molecular flexibility index (Phi) is 6.14. The van der Waals surface area contributed by atoms with Gasteiger partial charge in [-0.15, -0.1) is 0 Å². The molecule has 2 saturated heterocycles. The van der Waals surface area contributed by atoms with Gasteiger partial charge in [-0.3, -0.25) is 9.69 Å². The Morgan fingerprint density at radius 2 is 1.83 bits per heavy atom. The molecule has 1 atom stereocenters. The van der Waals surface area contributed by atoms with Crippen LogP contribution >= 0.6 is 0 Å².